The zero-order chi connectivity index (χ0) is 19.8. The van der Waals surface area contributed by atoms with Crippen LogP contribution in [0.3, 0.4) is 0 Å². The van der Waals surface area contributed by atoms with Gasteiger partial charge >= 0.3 is 5.97 Å². The monoisotopic (exact) mass is 384 g/mol. The van der Waals surface area contributed by atoms with Crippen LogP contribution in [0.25, 0.3) is 0 Å². The summed E-state index contributed by atoms with van der Waals surface area (Å²) < 4.78 is 21.0. The van der Waals surface area contributed by atoms with Crippen molar-refractivity contribution >= 4 is 5.97 Å². The first-order chi connectivity index (χ1) is 13.6. The number of hydrogen-bond acceptors (Lipinski definition) is 6. The fourth-order valence-corrected chi connectivity index (χ4v) is 2.47. The minimum atomic E-state index is -0.893. The van der Waals surface area contributed by atoms with Crippen LogP contribution in [0.1, 0.15) is 11.1 Å². The quantitative estimate of drug-likeness (QED) is 0.364. The topological polar surface area (TPSA) is 77.5 Å². The SMILES string of the molecule is C=CC(=O)OCC(O)COc1ccc(Cc2ccc(OCC3CO3)cc2)cc1. The number of benzene rings is 2. The smallest absolute Gasteiger partial charge is 0.330 e. The molecule has 2 aromatic rings. The fraction of sp³-hybridized carbons (Fsp3) is 0.318. The molecule has 1 aliphatic heterocycles. The molecular formula is C22H24O6. The van der Waals surface area contributed by atoms with Crippen LogP contribution in [-0.2, 0) is 20.7 Å². The van der Waals surface area contributed by atoms with Crippen molar-refractivity contribution in [2.45, 2.75) is 18.6 Å². The van der Waals surface area contributed by atoms with Gasteiger partial charge in [0.25, 0.3) is 0 Å². The van der Waals surface area contributed by atoms with E-state index in [1.165, 1.54) is 5.56 Å². The first kappa shape index (κ1) is 19.9. The van der Waals surface area contributed by atoms with E-state index in [0.29, 0.717) is 12.4 Å². The van der Waals surface area contributed by atoms with Crippen LogP contribution in [0.4, 0.5) is 0 Å². The zero-order valence-electron chi connectivity index (χ0n) is 15.6. The molecule has 3 rings (SSSR count). The Morgan fingerprint density at radius 3 is 2.18 bits per heavy atom. The third-order valence-electron chi connectivity index (χ3n) is 4.12. The van der Waals surface area contributed by atoms with Crippen molar-refractivity contribution in [2.24, 2.45) is 0 Å². The maximum absolute atomic E-state index is 11.0. The van der Waals surface area contributed by atoms with Gasteiger partial charge in [0.2, 0.25) is 0 Å². The lowest BCUT2D eigenvalue weighted by Gasteiger charge is -2.12. The number of carbonyl (C=O) groups is 1. The Labute approximate surface area is 164 Å². The molecule has 0 amide bonds. The minimum absolute atomic E-state index is 0.0388. The summed E-state index contributed by atoms with van der Waals surface area (Å²) in [6, 6.07) is 15.7. The molecule has 1 fully saturated rings. The lowest BCUT2D eigenvalue weighted by molar-refractivity contribution is -0.141. The van der Waals surface area contributed by atoms with Crippen LogP contribution in [0.5, 0.6) is 11.5 Å². The fourth-order valence-electron chi connectivity index (χ4n) is 2.47. The van der Waals surface area contributed by atoms with E-state index in [4.69, 9.17) is 18.9 Å². The molecule has 0 bridgehead atoms. The van der Waals surface area contributed by atoms with Crippen molar-refractivity contribution in [2.75, 3.05) is 26.4 Å². The molecular weight excluding hydrogens is 360 g/mol. The number of aliphatic hydroxyl groups is 1. The molecule has 0 saturated carbocycles. The first-order valence-electron chi connectivity index (χ1n) is 9.14. The van der Waals surface area contributed by atoms with E-state index in [9.17, 15) is 9.90 Å². The van der Waals surface area contributed by atoms with Gasteiger partial charge in [-0.05, 0) is 41.8 Å². The maximum atomic E-state index is 11.0. The molecule has 2 atom stereocenters. The second kappa shape index (κ2) is 9.92. The van der Waals surface area contributed by atoms with E-state index in [2.05, 4.69) is 6.58 Å². The van der Waals surface area contributed by atoms with E-state index in [1.807, 2.05) is 48.5 Å². The van der Waals surface area contributed by atoms with Gasteiger partial charge in [0.15, 0.2) is 0 Å². The summed E-state index contributed by atoms with van der Waals surface area (Å²) in [5.41, 5.74) is 2.33. The number of epoxide rings is 1. The van der Waals surface area contributed by atoms with Crippen molar-refractivity contribution in [3.63, 3.8) is 0 Å². The molecule has 148 valence electrons. The van der Waals surface area contributed by atoms with E-state index < -0.39 is 12.1 Å². The highest BCUT2D eigenvalue weighted by Crippen LogP contribution is 2.19. The first-order valence-corrected chi connectivity index (χ1v) is 9.14. The Morgan fingerprint density at radius 1 is 1.07 bits per heavy atom. The lowest BCUT2D eigenvalue weighted by atomic mass is 10.0. The van der Waals surface area contributed by atoms with Crippen molar-refractivity contribution in [1.82, 2.24) is 0 Å². The normalized spacial score (nSPS) is 16.1. The van der Waals surface area contributed by atoms with Crippen molar-refractivity contribution in [3.05, 3.63) is 72.3 Å². The number of esters is 1. The average Bonchev–Trinajstić information content (AvgIpc) is 3.55. The summed E-state index contributed by atoms with van der Waals surface area (Å²) in [6.45, 7) is 4.60. The van der Waals surface area contributed by atoms with Crippen molar-refractivity contribution in [1.29, 1.82) is 0 Å². The van der Waals surface area contributed by atoms with Crippen LogP contribution in [-0.4, -0.2) is 49.7 Å². The number of carbonyl (C=O) groups excluding carboxylic acids is 1. The van der Waals surface area contributed by atoms with E-state index in [0.717, 1.165) is 30.4 Å². The average molecular weight is 384 g/mol. The molecule has 2 aromatic carbocycles. The molecule has 0 aliphatic carbocycles. The predicted molar refractivity (Wildman–Crippen MR) is 104 cm³/mol. The van der Waals surface area contributed by atoms with E-state index in [1.54, 1.807) is 0 Å². The number of rotatable bonds is 11. The van der Waals surface area contributed by atoms with Gasteiger partial charge in [0, 0.05) is 6.08 Å². The number of aliphatic hydroxyl groups excluding tert-OH is 1. The molecule has 1 aliphatic rings. The minimum Gasteiger partial charge on any atom is -0.491 e. The Balaban J connectivity index is 1.42. The third kappa shape index (κ3) is 6.72. The van der Waals surface area contributed by atoms with Gasteiger partial charge in [-0.3, -0.25) is 0 Å². The van der Waals surface area contributed by atoms with E-state index in [-0.39, 0.29) is 19.3 Å². The summed E-state index contributed by atoms with van der Waals surface area (Å²) >= 11 is 0. The Kier molecular flexibility index (Phi) is 7.06. The van der Waals surface area contributed by atoms with Gasteiger partial charge in [-0.25, -0.2) is 4.79 Å². The highest BCUT2D eigenvalue weighted by molar-refractivity contribution is 5.81. The van der Waals surface area contributed by atoms with Crippen molar-refractivity contribution < 1.29 is 28.8 Å². The molecule has 6 heteroatoms. The van der Waals surface area contributed by atoms with E-state index >= 15 is 0 Å². The summed E-state index contributed by atoms with van der Waals surface area (Å²) in [4.78, 5) is 11.0. The third-order valence-corrected chi connectivity index (χ3v) is 4.12. The van der Waals surface area contributed by atoms with Crippen LogP contribution < -0.4 is 9.47 Å². The molecule has 1 heterocycles. The highest BCUT2D eigenvalue weighted by Gasteiger charge is 2.22. The largest absolute Gasteiger partial charge is 0.491 e. The standard InChI is InChI=1S/C22H24O6/c1-2-22(24)28-13-18(23)12-25-19-7-3-16(4-8-19)11-17-5-9-20(10-6-17)26-14-21-15-27-21/h2-10,18,21,23H,1,11-15H2. The molecule has 6 nitrogen and oxygen atoms in total. The Hall–Kier alpha value is -2.83. The summed E-state index contributed by atoms with van der Waals surface area (Å²) in [5, 5.41) is 9.74. The molecule has 28 heavy (non-hydrogen) atoms. The summed E-state index contributed by atoms with van der Waals surface area (Å²) in [7, 11) is 0. The second-order valence-electron chi connectivity index (χ2n) is 6.53. The number of hydrogen-bond donors (Lipinski definition) is 1. The van der Waals surface area contributed by atoms with Crippen molar-refractivity contribution in [3.8, 4) is 11.5 Å². The molecule has 1 N–H and O–H groups in total. The summed E-state index contributed by atoms with van der Waals surface area (Å²) in [6.07, 6.45) is 1.21. The maximum Gasteiger partial charge on any atom is 0.330 e. The molecule has 0 aromatic heterocycles. The van der Waals surface area contributed by atoms with Crippen LogP contribution in [0.2, 0.25) is 0 Å². The number of ether oxygens (including phenoxy) is 4. The zero-order valence-corrected chi connectivity index (χ0v) is 15.6. The van der Waals surface area contributed by atoms with Gasteiger partial charge in [0.05, 0.1) is 6.61 Å². The van der Waals surface area contributed by atoms with Crippen LogP contribution >= 0.6 is 0 Å². The van der Waals surface area contributed by atoms with Crippen LogP contribution in [0, 0.1) is 0 Å². The molecule has 1 saturated heterocycles. The summed E-state index contributed by atoms with van der Waals surface area (Å²) in [5.74, 6) is 0.921. The van der Waals surface area contributed by atoms with Gasteiger partial charge < -0.3 is 24.1 Å². The Bertz CT molecular complexity index is 765. The predicted octanol–water partition coefficient (Wildman–Crippen LogP) is 2.52. The second-order valence-corrected chi connectivity index (χ2v) is 6.53. The van der Waals surface area contributed by atoms with Gasteiger partial charge in [-0.1, -0.05) is 30.8 Å². The van der Waals surface area contributed by atoms with Gasteiger partial charge in [-0.15, -0.1) is 0 Å². The lowest BCUT2D eigenvalue weighted by Crippen LogP contribution is -2.24. The highest BCUT2D eigenvalue weighted by atomic mass is 16.6. The molecule has 0 spiro atoms. The van der Waals surface area contributed by atoms with Crippen LogP contribution in [0.15, 0.2) is 61.2 Å². The Morgan fingerprint density at radius 2 is 1.64 bits per heavy atom. The van der Waals surface area contributed by atoms with Gasteiger partial charge in [-0.2, -0.15) is 0 Å². The van der Waals surface area contributed by atoms with Gasteiger partial charge in [0.1, 0.15) is 43.5 Å². The molecule has 0 radical (unpaired) electrons. The molecule has 2 unspecified atom stereocenters.